The van der Waals surface area contributed by atoms with E-state index in [0.717, 1.165) is 19.5 Å². The van der Waals surface area contributed by atoms with Crippen LogP contribution in [0.3, 0.4) is 0 Å². The highest BCUT2D eigenvalue weighted by atomic mass is 32.2. The largest absolute Gasteiger partial charge is 0.316 e. The molecule has 0 aromatic heterocycles. The minimum absolute atomic E-state index is 0.256. The van der Waals surface area contributed by atoms with E-state index in [-0.39, 0.29) is 5.75 Å². The molecule has 0 saturated carbocycles. The minimum atomic E-state index is -2.77. The zero-order chi connectivity index (χ0) is 10.9. The fourth-order valence-electron chi connectivity index (χ4n) is 1.04. The fourth-order valence-corrected chi connectivity index (χ4v) is 1.91. The van der Waals surface area contributed by atoms with Gasteiger partial charge >= 0.3 is 0 Å². The van der Waals surface area contributed by atoms with Gasteiger partial charge in [0.2, 0.25) is 0 Å². The molecule has 0 atom stereocenters. The molecule has 4 heteroatoms. The molecule has 0 heterocycles. The molecule has 0 aromatic rings. The Morgan fingerprint density at radius 1 is 1.29 bits per heavy atom. The lowest BCUT2D eigenvalue weighted by Gasteiger charge is -2.02. The van der Waals surface area contributed by atoms with Crippen LogP contribution in [-0.4, -0.2) is 33.0 Å². The normalized spacial score (nSPS) is 12.4. The Balaban J connectivity index is 3.30. The van der Waals surface area contributed by atoms with Crippen molar-refractivity contribution in [1.29, 1.82) is 0 Å². The molecular formula is C10H21NO2S. The molecule has 0 rings (SSSR count). The summed E-state index contributed by atoms with van der Waals surface area (Å²) in [7, 11) is -2.77. The molecule has 3 nitrogen and oxygen atoms in total. The quantitative estimate of drug-likeness (QED) is 0.495. The second-order valence-corrected chi connectivity index (χ2v) is 5.67. The molecule has 14 heavy (non-hydrogen) atoms. The van der Waals surface area contributed by atoms with E-state index in [9.17, 15) is 8.42 Å². The van der Waals surface area contributed by atoms with Gasteiger partial charge in [-0.05, 0) is 32.9 Å². The molecule has 0 radical (unpaired) electrons. The number of allylic oxidation sites excluding steroid dienone is 1. The number of nitrogens with one attached hydrogen (secondary N) is 1. The number of rotatable bonds is 8. The SMILES string of the molecule is C/C=C/CCNCCCS(=O)(=O)CC. The molecule has 0 saturated heterocycles. The molecule has 0 aliphatic carbocycles. The Morgan fingerprint density at radius 3 is 2.57 bits per heavy atom. The lowest BCUT2D eigenvalue weighted by Crippen LogP contribution is -2.19. The summed E-state index contributed by atoms with van der Waals surface area (Å²) in [5.74, 6) is 0.561. The van der Waals surface area contributed by atoms with Gasteiger partial charge in [-0.2, -0.15) is 0 Å². The van der Waals surface area contributed by atoms with Crippen LogP contribution < -0.4 is 5.32 Å². The van der Waals surface area contributed by atoms with E-state index in [4.69, 9.17) is 0 Å². The van der Waals surface area contributed by atoms with E-state index >= 15 is 0 Å². The summed E-state index contributed by atoms with van der Waals surface area (Å²) in [5.41, 5.74) is 0. The highest BCUT2D eigenvalue weighted by Crippen LogP contribution is 1.92. The molecule has 0 fully saturated rings. The number of hydrogen-bond donors (Lipinski definition) is 1. The monoisotopic (exact) mass is 219 g/mol. The van der Waals surface area contributed by atoms with Gasteiger partial charge in [0.25, 0.3) is 0 Å². The Hall–Kier alpha value is -0.350. The molecule has 0 bridgehead atoms. The summed E-state index contributed by atoms with van der Waals surface area (Å²) < 4.78 is 22.2. The predicted molar refractivity (Wildman–Crippen MR) is 61.2 cm³/mol. The average molecular weight is 219 g/mol. The zero-order valence-corrected chi connectivity index (χ0v) is 9.94. The van der Waals surface area contributed by atoms with Crippen molar-refractivity contribution in [3.8, 4) is 0 Å². The second-order valence-electron chi connectivity index (χ2n) is 3.20. The Kier molecular flexibility index (Phi) is 7.80. The van der Waals surface area contributed by atoms with Gasteiger partial charge in [0.15, 0.2) is 0 Å². The van der Waals surface area contributed by atoms with Crippen LogP contribution in [0.2, 0.25) is 0 Å². The fraction of sp³-hybridized carbons (Fsp3) is 0.800. The van der Waals surface area contributed by atoms with E-state index in [1.165, 1.54) is 0 Å². The van der Waals surface area contributed by atoms with Crippen LogP contribution in [0.1, 0.15) is 26.7 Å². The van der Waals surface area contributed by atoms with Crippen LogP contribution in [0.15, 0.2) is 12.2 Å². The van der Waals surface area contributed by atoms with Crippen molar-refractivity contribution >= 4 is 9.84 Å². The maximum Gasteiger partial charge on any atom is 0.150 e. The van der Waals surface area contributed by atoms with Crippen LogP contribution in [0.25, 0.3) is 0 Å². The molecule has 0 amide bonds. The van der Waals surface area contributed by atoms with Crippen molar-refractivity contribution in [3.63, 3.8) is 0 Å². The number of sulfone groups is 1. The zero-order valence-electron chi connectivity index (χ0n) is 9.12. The lowest BCUT2D eigenvalue weighted by atomic mass is 10.3. The summed E-state index contributed by atoms with van der Waals surface area (Å²) in [6, 6.07) is 0. The van der Waals surface area contributed by atoms with Crippen LogP contribution in [-0.2, 0) is 9.84 Å². The smallest absolute Gasteiger partial charge is 0.150 e. The van der Waals surface area contributed by atoms with Gasteiger partial charge in [-0.15, -0.1) is 0 Å². The maximum atomic E-state index is 11.1. The standard InChI is InChI=1S/C10H21NO2S/c1-3-5-6-8-11-9-7-10-14(12,13)4-2/h3,5,11H,4,6-10H2,1-2H3/b5-3+. The minimum Gasteiger partial charge on any atom is -0.316 e. The first-order valence-corrected chi connectivity index (χ1v) is 6.97. The third-order valence-corrected chi connectivity index (χ3v) is 3.76. The third kappa shape index (κ3) is 8.26. The first-order valence-electron chi connectivity index (χ1n) is 5.14. The van der Waals surface area contributed by atoms with Gasteiger partial charge in [0.1, 0.15) is 9.84 Å². The van der Waals surface area contributed by atoms with Crippen molar-refractivity contribution in [3.05, 3.63) is 12.2 Å². The summed E-state index contributed by atoms with van der Waals surface area (Å²) in [6.07, 6.45) is 5.84. The van der Waals surface area contributed by atoms with Crippen LogP contribution >= 0.6 is 0 Å². The molecule has 0 aromatic carbocycles. The highest BCUT2D eigenvalue weighted by Gasteiger charge is 2.05. The molecule has 0 unspecified atom stereocenters. The molecule has 0 aliphatic heterocycles. The molecule has 0 aliphatic rings. The van der Waals surface area contributed by atoms with Gasteiger partial charge in [-0.3, -0.25) is 0 Å². The van der Waals surface area contributed by atoms with Crippen molar-refractivity contribution < 1.29 is 8.42 Å². The van der Waals surface area contributed by atoms with E-state index in [0.29, 0.717) is 12.2 Å². The Bertz CT molecular complexity index is 245. The maximum absolute atomic E-state index is 11.1. The topological polar surface area (TPSA) is 46.2 Å². The van der Waals surface area contributed by atoms with Crippen molar-refractivity contribution in [2.45, 2.75) is 26.7 Å². The van der Waals surface area contributed by atoms with Crippen molar-refractivity contribution in [1.82, 2.24) is 5.32 Å². The molecule has 0 spiro atoms. The first-order chi connectivity index (χ1) is 6.62. The van der Waals surface area contributed by atoms with E-state index in [1.54, 1.807) is 6.92 Å². The van der Waals surface area contributed by atoms with Gasteiger partial charge in [0.05, 0.1) is 5.75 Å². The van der Waals surface area contributed by atoms with Crippen LogP contribution in [0, 0.1) is 0 Å². The van der Waals surface area contributed by atoms with Gasteiger partial charge in [0, 0.05) is 5.75 Å². The van der Waals surface area contributed by atoms with Crippen molar-refractivity contribution in [2.75, 3.05) is 24.6 Å². The number of hydrogen-bond acceptors (Lipinski definition) is 3. The third-order valence-electron chi connectivity index (χ3n) is 1.97. The van der Waals surface area contributed by atoms with Crippen molar-refractivity contribution in [2.24, 2.45) is 0 Å². The summed E-state index contributed by atoms with van der Waals surface area (Å²) in [5, 5.41) is 3.20. The average Bonchev–Trinajstić information content (AvgIpc) is 2.16. The Morgan fingerprint density at radius 2 is 2.00 bits per heavy atom. The predicted octanol–water partition coefficient (Wildman–Crippen LogP) is 1.37. The first kappa shape index (κ1) is 13.7. The van der Waals surface area contributed by atoms with Crippen LogP contribution in [0.5, 0.6) is 0 Å². The lowest BCUT2D eigenvalue weighted by molar-refractivity contribution is 0.590. The Labute approximate surface area is 87.5 Å². The van der Waals surface area contributed by atoms with Gasteiger partial charge in [-0.25, -0.2) is 8.42 Å². The highest BCUT2D eigenvalue weighted by molar-refractivity contribution is 7.91. The van der Waals surface area contributed by atoms with Gasteiger partial charge < -0.3 is 5.32 Å². The molecule has 84 valence electrons. The summed E-state index contributed by atoms with van der Waals surface area (Å²) in [4.78, 5) is 0. The van der Waals surface area contributed by atoms with Gasteiger partial charge in [-0.1, -0.05) is 19.1 Å². The van der Waals surface area contributed by atoms with E-state index in [1.807, 2.05) is 13.0 Å². The summed E-state index contributed by atoms with van der Waals surface area (Å²) in [6.45, 7) is 5.40. The van der Waals surface area contributed by atoms with E-state index < -0.39 is 9.84 Å². The summed E-state index contributed by atoms with van der Waals surface area (Å²) >= 11 is 0. The molecule has 1 N–H and O–H groups in total. The second kappa shape index (κ2) is 8.00. The van der Waals surface area contributed by atoms with Crippen LogP contribution in [0.4, 0.5) is 0 Å². The molecular weight excluding hydrogens is 198 g/mol. The van der Waals surface area contributed by atoms with E-state index in [2.05, 4.69) is 11.4 Å².